The van der Waals surface area contributed by atoms with Crippen LogP contribution >= 0.6 is 0 Å². The molecule has 1 aromatic heterocycles. The fourth-order valence-corrected chi connectivity index (χ4v) is 1.81. The lowest BCUT2D eigenvalue weighted by atomic mass is 10.1. The molecule has 1 unspecified atom stereocenters. The largest absolute Gasteiger partial charge is 0.495 e. The lowest BCUT2D eigenvalue weighted by Gasteiger charge is -2.17. The van der Waals surface area contributed by atoms with Crippen molar-refractivity contribution in [1.82, 2.24) is 0 Å². The minimum atomic E-state index is -0.471. The van der Waals surface area contributed by atoms with Gasteiger partial charge in [-0.2, -0.15) is 0 Å². The molecule has 0 fully saturated rings. The third kappa shape index (κ3) is 2.88. The first-order valence-corrected chi connectivity index (χ1v) is 5.88. The van der Waals surface area contributed by atoms with E-state index in [0.29, 0.717) is 17.0 Å². The van der Waals surface area contributed by atoms with Crippen molar-refractivity contribution in [1.29, 1.82) is 0 Å². The minimum absolute atomic E-state index is 0.0239. The molecule has 0 spiro atoms. The van der Waals surface area contributed by atoms with E-state index in [1.165, 1.54) is 0 Å². The summed E-state index contributed by atoms with van der Waals surface area (Å²) in [6.07, 6.45) is 3.28. The highest BCUT2D eigenvalue weighted by molar-refractivity contribution is 5.94. The Balaban J connectivity index is 2.27. The van der Waals surface area contributed by atoms with Crippen molar-refractivity contribution in [3.8, 4) is 5.75 Å². The van der Waals surface area contributed by atoms with Crippen LogP contribution in [0.5, 0.6) is 5.75 Å². The van der Waals surface area contributed by atoms with E-state index in [4.69, 9.17) is 14.9 Å². The Bertz CT molecular complexity index is 564. The predicted octanol–water partition coefficient (Wildman–Crippen LogP) is 2.56. The molecule has 1 atom stereocenters. The van der Waals surface area contributed by atoms with Gasteiger partial charge in [0.2, 0.25) is 5.91 Å². The average molecular weight is 260 g/mol. The van der Waals surface area contributed by atoms with E-state index in [1.807, 2.05) is 13.0 Å². The van der Waals surface area contributed by atoms with Gasteiger partial charge >= 0.3 is 0 Å². The summed E-state index contributed by atoms with van der Waals surface area (Å²) in [5.74, 6) is 0.182. The quantitative estimate of drug-likeness (QED) is 0.866. The first-order valence-electron chi connectivity index (χ1n) is 5.88. The van der Waals surface area contributed by atoms with Crippen molar-refractivity contribution < 1.29 is 13.9 Å². The van der Waals surface area contributed by atoms with E-state index in [2.05, 4.69) is 5.32 Å². The Morgan fingerprint density at radius 1 is 1.42 bits per heavy atom. The van der Waals surface area contributed by atoms with Crippen molar-refractivity contribution in [2.45, 2.75) is 13.0 Å². The molecule has 100 valence electrons. The maximum atomic E-state index is 11.2. The third-order valence-electron chi connectivity index (χ3n) is 2.90. The normalized spacial score (nSPS) is 11.9. The molecule has 2 rings (SSSR count). The summed E-state index contributed by atoms with van der Waals surface area (Å²) in [4.78, 5) is 11.2. The van der Waals surface area contributed by atoms with Crippen molar-refractivity contribution in [3.63, 3.8) is 0 Å². The van der Waals surface area contributed by atoms with Crippen LogP contribution in [0.4, 0.5) is 5.69 Å². The van der Waals surface area contributed by atoms with Crippen LogP contribution in [-0.2, 0) is 0 Å². The lowest BCUT2D eigenvalue weighted by molar-refractivity contribution is 0.100. The van der Waals surface area contributed by atoms with Gasteiger partial charge in [-0.1, -0.05) is 0 Å². The first-order chi connectivity index (χ1) is 9.11. The number of ether oxygens (including phenoxy) is 1. The van der Waals surface area contributed by atoms with Gasteiger partial charge in [-0.15, -0.1) is 0 Å². The molecule has 1 amide bonds. The number of rotatable bonds is 5. The molecule has 0 aliphatic carbocycles. The van der Waals surface area contributed by atoms with E-state index >= 15 is 0 Å². The van der Waals surface area contributed by atoms with Gasteiger partial charge in [0.1, 0.15) is 5.75 Å². The summed E-state index contributed by atoms with van der Waals surface area (Å²) in [6.45, 7) is 1.99. The molecule has 1 heterocycles. The third-order valence-corrected chi connectivity index (χ3v) is 2.90. The van der Waals surface area contributed by atoms with Crippen LogP contribution in [-0.4, -0.2) is 13.0 Å². The first kappa shape index (κ1) is 13.0. The number of carbonyl (C=O) groups is 1. The van der Waals surface area contributed by atoms with Gasteiger partial charge in [-0.25, -0.2) is 0 Å². The molecular weight excluding hydrogens is 244 g/mol. The van der Waals surface area contributed by atoms with Crippen LogP contribution < -0.4 is 15.8 Å². The molecular formula is C14H16N2O3. The van der Waals surface area contributed by atoms with Gasteiger partial charge < -0.3 is 20.2 Å². The monoisotopic (exact) mass is 260 g/mol. The fourth-order valence-electron chi connectivity index (χ4n) is 1.81. The predicted molar refractivity (Wildman–Crippen MR) is 72.3 cm³/mol. The number of furan rings is 1. The number of amides is 1. The van der Waals surface area contributed by atoms with Crippen LogP contribution in [0.3, 0.4) is 0 Å². The number of primary amides is 1. The Labute approximate surface area is 111 Å². The Kier molecular flexibility index (Phi) is 3.75. The zero-order chi connectivity index (χ0) is 13.8. The molecule has 19 heavy (non-hydrogen) atoms. The SMILES string of the molecule is COc1ccc(C(N)=O)cc1NC(C)c1ccoc1. The smallest absolute Gasteiger partial charge is 0.248 e. The molecule has 3 N–H and O–H groups in total. The molecule has 0 bridgehead atoms. The maximum Gasteiger partial charge on any atom is 0.248 e. The highest BCUT2D eigenvalue weighted by Gasteiger charge is 2.12. The summed E-state index contributed by atoms with van der Waals surface area (Å²) in [7, 11) is 1.58. The van der Waals surface area contributed by atoms with Gasteiger partial charge in [0.25, 0.3) is 0 Å². The standard InChI is InChI=1S/C14H16N2O3/c1-9(11-5-6-19-8-11)16-12-7-10(14(15)17)3-4-13(12)18-2/h3-9,16H,1-2H3,(H2,15,17). The molecule has 5 nitrogen and oxygen atoms in total. The van der Waals surface area contributed by atoms with E-state index in [0.717, 1.165) is 5.56 Å². The van der Waals surface area contributed by atoms with Crippen molar-refractivity contribution >= 4 is 11.6 Å². The summed E-state index contributed by atoms with van der Waals surface area (Å²) in [6, 6.07) is 6.93. The molecule has 2 aromatic rings. The Hall–Kier alpha value is -2.43. The van der Waals surface area contributed by atoms with Crippen LogP contribution in [0.15, 0.2) is 41.2 Å². The number of carbonyl (C=O) groups excluding carboxylic acids is 1. The van der Waals surface area contributed by atoms with Crippen molar-refractivity contribution in [3.05, 3.63) is 47.9 Å². The van der Waals surface area contributed by atoms with Crippen LogP contribution in [0.25, 0.3) is 0 Å². The van der Waals surface area contributed by atoms with Crippen LogP contribution in [0.1, 0.15) is 28.9 Å². The Morgan fingerprint density at radius 3 is 2.79 bits per heavy atom. The zero-order valence-corrected chi connectivity index (χ0v) is 10.8. The second kappa shape index (κ2) is 5.48. The van der Waals surface area contributed by atoms with Gasteiger partial charge in [-0.3, -0.25) is 4.79 Å². The van der Waals surface area contributed by atoms with Crippen LogP contribution in [0, 0.1) is 0 Å². The second-order valence-corrected chi connectivity index (χ2v) is 4.20. The molecule has 0 aliphatic rings. The second-order valence-electron chi connectivity index (χ2n) is 4.20. The minimum Gasteiger partial charge on any atom is -0.495 e. The molecule has 1 aromatic carbocycles. The summed E-state index contributed by atoms with van der Waals surface area (Å²) in [5, 5.41) is 3.27. The molecule has 0 saturated carbocycles. The molecule has 5 heteroatoms. The number of anilines is 1. The topological polar surface area (TPSA) is 77.5 Å². The summed E-state index contributed by atoms with van der Waals surface area (Å²) < 4.78 is 10.3. The number of methoxy groups -OCH3 is 1. The highest BCUT2D eigenvalue weighted by Crippen LogP contribution is 2.29. The average Bonchev–Trinajstić information content (AvgIpc) is 2.92. The fraction of sp³-hybridized carbons (Fsp3) is 0.214. The molecule has 0 radical (unpaired) electrons. The van der Waals surface area contributed by atoms with E-state index in [9.17, 15) is 4.79 Å². The van der Waals surface area contributed by atoms with E-state index in [1.54, 1.807) is 37.8 Å². The molecule has 0 saturated heterocycles. The lowest BCUT2D eigenvalue weighted by Crippen LogP contribution is -2.12. The van der Waals surface area contributed by atoms with E-state index < -0.39 is 5.91 Å². The van der Waals surface area contributed by atoms with Gasteiger partial charge in [0, 0.05) is 11.1 Å². The van der Waals surface area contributed by atoms with Gasteiger partial charge in [-0.05, 0) is 31.2 Å². The Morgan fingerprint density at radius 2 is 2.21 bits per heavy atom. The number of hydrogen-bond acceptors (Lipinski definition) is 4. The zero-order valence-electron chi connectivity index (χ0n) is 10.8. The van der Waals surface area contributed by atoms with E-state index in [-0.39, 0.29) is 6.04 Å². The number of nitrogens with one attached hydrogen (secondary N) is 1. The highest BCUT2D eigenvalue weighted by atomic mass is 16.5. The summed E-state index contributed by atoms with van der Waals surface area (Å²) in [5.41, 5.74) is 7.43. The summed E-state index contributed by atoms with van der Waals surface area (Å²) >= 11 is 0. The van der Waals surface area contributed by atoms with Gasteiger partial charge in [0.15, 0.2) is 0 Å². The molecule has 0 aliphatic heterocycles. The number of hydrogen-bond donors (Lipinski definition) is 2. The maximum absolute atomic E-state index is 11.2. The van der Waals surface area contributed by atoms with Crippen molar-refractivity contribution in [2.24, 2.45) is 5.73 Å². The van der Waals surface area contributed by atoms with Gasteiger partial charge in [0.05, 0.1) is 31.4 Å². The van der Waals surface area contributed by atoms with Crippen molar-refractivity contribution in [2.75, 3.05) is 12.4 Å². The number of nitrogens with two attached hydrogens (primary N) is 1. The van der Waals surface area contributed by atoms with Crippen LogP contribution in [0.2, 0.25) is 0 Å². The number of benzene rings is 1.